The van der Waals surface area contributed by atoms with Gasteiger partial charge in [-0.05, 0) is 25.1 Å². The third-order valence-electron chi connectivity index (χ3n) is 1.99. The van der Waals surface area contributed by atoms with Gasteiger partial charge in [-0.2, -0.15) is 0 Å². The molecule has 0 aliphatic rings. The van der Waals surface area contributed by atoms with Gasteiger partial charge in [0.25, 0.3) is 0 Å². The molecule has 0 spiro atoms. The zero-order valence-electron chi connectivity index (χ0n) is 9.20. The van der Waals surface area contributed by atoms with Crippen molar-refractivity contribution >= 4 is 49.0 Å². The van der Waals surface area contributed by atoms with E-state index in [9.17, 15) is 13.2 Å². The first-order valence-corrected chi connectivity index (χ1v) is 7.85. The highest BCUT2D eigenvalue weighted by Crippen LogP contribution is 2.25. The van der Waals surface area contributed by atoms with Crippen molar-refractivity contribution in [1.82, 2.24) is 0 Å². The number of rotatable bonds is 3. The molecule has 0 saturated heterocycles. The van der Waals surface area contributed by atoms with Gasteiger partial charge in [-0.3, -0.25) is 4.79 Å². The van der Waals surface area contributed by atoms with Gasteiger partial charge in [0.2, 0.25) is 5.91 Å². The second kappa shape index (κ2) is 5.37. The maximum absolute atomic E-state index is 11.5. The number of carbonyl (C=O) groups excluding carboxylic acids is 1. The van der Waals surface area contributed by atoms with Crippen LogP contribution >= 0.6 is 27.5 Å². The molecule has 0 saturated carbocycles. The topological polar surface area (TPSA) is 63.2 Å². The monoisotopic (exact) mass is 339 g/mol. The first-order chi connectivity index (χ1) is 7.71. The molecule has 1 rings (SSSR count). The third-order valence-corrected chi connectivity index (χ3v) is 3.84. The summed E-state index contributed by atoms with van der Waals surface area (Å²) in [6.07, 6.45) is 1.09. The lowest BCUT2D eigenvalue weighted by molar-refractivity contribution is -0.115. The molecule has 0 bridgehead atoms. The van der Waals surface area contributed by atoms with Crippen molar-refractivity contribution in [2.45, 2.75) is 16.6 Å². The van der Waals surface area contributed by atoms with Gasteiger partial charge in [0.05, 0.1) is 20.4 Å². The second-order valence-electron chi connectivity index (χ2n) is 3.52. The van der Waals surface area contributed by atoms with E-state index in [1.165, 1.54) is 18.2 Å². The van der Waals surface area contributed by atoms with E-state index in [1.54, 1.807) is 6.92 Å². The number of sulfone groups is 1. The van der Waals surface area contributed by atoms with Gasteiger partial charge in [-0.15, -0.1) is 0 Å². The third kappa shape index (κ3) is 3.97. The summed E-state index contributed by atoms with van der Waals surface area (Å²) in [6, 6.07) is 4.17. The Kier molecular flexibility index (Phi) is 4.57. The first-order valence-electron chi connectivity index (χ1n) is 4.66. The van der Waals surface area contributed by atoms with Crippen molar-refractivity contribution < 1.29 is 13.2 Å². The van der Waals surface area contributed by atoms with E-state index in [1.807, 2.05) is 0 Å². The summed E-state index contributed by atoms with van der Waals surface area (Å²) in [4.78, 5) is 11.2. The maximum atomic E-state index is 11.5. The van der Waals surface area contributed by atoms with E-state index < -0.39 is 9.84 Å². The number of alkyl halides is 1. The summed E-state index contributed by atoms with van der Waals surface area (Å²) < 4.78 is 22.7. The summed E-state index contributed by atoms with van der Waals surface area (Å²) in [5, 5.41) is 2.83. The van der Waals surface area contributed by atoms with E-state index in [4.69, 9.17) is 11.6 Å². The zero-order chi connectivity index (χ0) is 13.2. The Morgan fingerprint density at radius 1 is 1.47 bits per heavy atom. The molecular weight excluding hydrogens is 330 g/mol. The molecule has 0 heterocycles. The molecule has 0 aromatic heterocycles. The van der Waals surface area contributed by atoms with Crippen molar-refractivity contribution in [3.05, 3.63) is 23.2 Å². The van der Waals surface area contributed by atoms with Crippen molar-refractivity contribution in [2.24, 2.45) is 0 Å². The molecule has 4 nitrogen and oxygen atoms in total. The molecule has 0 aliphatic carbocycles. The van der Waals surface area contributed by atoms with Gasteiger partial charge in [0.15, 0.2) is 9.84 Å². The number of hydrogen-bond acceptors (Lipinski definition) is 3. The van der Waals surface area contributed by atoms with E-state index in [-0.39, 0.29) is 21.3 Å². The molecule has 0 fully saturated rings. The van der Waals surface area contributed by atoms with Crippen LogP contribution in [0.5, 0.6) is 0 Å². The highest BCUT2D eigenvalue weighted by molar-refractivity contribution is 9.10. The molecule has 1 aromatic rings. The molecule has 1 atom stereocenters. The van der Waals surface area contributed by atoms with Crippen LogP contribution in [-0.2, 0) is 14.6 Å². The summed E-state index contributed by atoms with van der Waals surface area (Å²) in [5.41, 5.74) is 0.283. The lowest BCUT2D eigenvalue weighted by atomic mass is 10.3. The predicted molar refractivity (Wildman–Crippen MR) is 71.6 cm³/mol. The minimum Gasteiger partial charge on any atom is -0.324 e. The molecule has 94 valence electrons. The van der Waals surface area contributed by atoms with Crippen LogP contribution in [0, 0.1) is 0 Å². The van der Waals surface area contributed by atoms with Crippen LogP contribution < -0.4 is 5.32 Å². The molecule has 1 amide bonds. The van der Waals surface area contributed by atoms with Gasteiger partial charge in [0, 0.05) is 6.26 Å². The van der Waals surface area contributed by atoms with Crippen molar-refractivity contribution in [2.75, 3.05) is 11.6 Å². The summed E-state index contributed by atoms with van der Waals surface area (Å²) in [6.45, 7) is 1.66. The Morgan fingerprint density at radius 2 is 2.06 bits per heavy atom. The molecular formula is C10H11BrClNO3S. The minimum absolute atomic E-state index is 0.111. The smallest absolute Gasteiger partial charge is 0.237 e. The lowest BCUT2D eigenvalue weighted by Gasteiger charge is -2.09. The average molecular weight is 341 g/mol. The molecule has 1 N–H and O–H groups in total. The van der Waals surface area contributed by atoms with Crippen molar-refractivity contribution in [3.8, 4) is 0 Å². The average Bonchev–Trinajstić information content (AvgIpc) is 2.19. The molecule has 17 heavy (non-hydrogen) atoms. The predicted octanol–water partition coefficient (Wildman–Crippen LogP) is 2.47. The van der Waals surface area contributed by atoms with Crippen LogP contribution in [0.4, 0.5) is 5.69 Å². The SMILES string of the molecule is CC(Br)C(=O)Nc1cc(S(C)(=O)=O)ccc1Cl. The van der Waals surface area contributed by atoms with Crippen LogP contribution in [0.3, 0.4) is 0 Å². The van der Waals surface area contributed by atoms with Gasteiger partial charge in [0.1, 0.15) is 0 Å². The van der Waals surface area contributed by atoms with E-state index in [2.05, 4.69) is 21.2 Å². The highest BCUT2D eigenvalue weighted by Gasteiger charge is 2.14. The standard InChI is InChI=1S/C10H11BrClNO3S/c1-6(11)10(14)13-9-5-7(17(2,15)16)3-4-8(9)12/h3-6H,1-2H3,(H,13,14). The molecule has 1 aromatic carbocycles. The van der Waals surface area contributed by atoms with E-state index in [0.717, 1.165) is 6.26 Å². The largest absolute Gasteiger partial charge is 0.324 e. The quantitative estimate of drug-likeness (QED) is 0.860. The number of nitrogens with one attached hydrogen (secondary N) is 1. The fourth-order valence-electron chi connectivity index (χ4n) is 1.06. The number of halogens is 2. The highest BCUT2D eigenvalue weighted by atomic mass is 79.9. The molecule has 1 unspecified atom stereocenters. The maximum Gasteiger partial charge on any atom is 0.237 e. The summed E-state index contributed by atoms with van der Waals surface area (Å²) in [5.74, 6) is -0.294. The van der Waals surface area contributed by atoms with Crippen LogP contribution in [-0.4, -0.2) is 25.4 Å². The normalized spacial score (nSPS) is 13.2. The van der Waals surface area contributed by atoms with E-state index >= 15 is 0 Å². The Morgan fingerprint density at radius 3 is 2.53 bits per heavy atom. The van der Waals surface area contributed by atoms with Gasteiger partial charge >= 0.3 is 0 Å². The first kappa shape index (κ1) is 14.5. The van der Waals surface area contributed by atoms with Crippen LogP contribution in [0.1, 0.15) is 6.92 Å². The molecule has 7 heteroatoms. The van der Waals surface area contributed by atoms with Crippen LogP contribution in [0.15, 0.2) is 23.1 Å². The van der Waals surface area contributed by atoms with Crippen LogP contribution in [0.25, 0.3) is 0 Å². The van der Waals surface area contributed by atoms with E-state index in [0.29, 0.717) is 5.02 Å². The Balaban J connectivity index is 3.12. The summed E-state index contributed by atoms with van der Waals surface area (Å²) in [7, 11) is -3.32. The number of benzene rings is 1. The Hall–Kier alpha value is -0.590. The number of carbonyl (C=O) groups is 1. The fourth-order valence-corrected chi connectivity index (χ4v) is 1.99. The fraction of sp³-hybridized carbons (Fsp3) is 0.300. The van der Waals surface area contributed by atoms with Crippen molar-refractivity contribution in [1.29, 1.82) is 0 Å². The van der Waals surface area contributed by atoms with Crippen molar-refractivity contribution in [3.63, 3.8) is 0 Å². The molecule has 0 radical (unpaired) electrons. The van der Waals surface area contributed by atoms with Gasteiger partial charge in [-0.25, -0.2) is 8.42 Å². The number of anilines is 1. The second-order valence-corrected chi connectivity index (χ2v) is 7.32. The summed E-state index contributed by atoms with van der Waals surface area (Å²) >= 11 is 8.98. The number of amides is 1. The van der Waals surface area contributed by atoms with Gasteiger partial charge < -0.3 is 5.32 Å². The van der Waals surface area contributed by atoms with Gasteiger partial charge in [-0.1, -0.05) is 27.5 Å². The lowest BCUT2D eigenvalue weighted by Crippen LogP contribution is -2.20. The number of hydrogen-bond donors (Lipinski definition) is 1. The Bertz CT molecular complexity index is 542. The Labute approximate surface area is 113 Å². The molecule has 0 aliphatic heterocycles. The minimum atomic E-state index is -3.32. The zero-order valence-corrected chi connectivity index (χ0v) is 12.4. The van der Waals surface area contributed by atoms with Crippen LogP contribution in [0.2, 0.25) is 5.02 Å².